The van der Waals surface area contributed by atoms with Gasteiger partial charge in [0.25, 0.3) is 0 Å². The molecule has 3 aromatic rings. The molecule has 0 radical (unpaired) electrons. The first kappa shape index (κ1) is 17.8. The zero-order valence-corrected chi connectivity index (χ0v) is 15.0. The normalized spacial score (nSPS) is 10.3. The van der Waals surface area contributed by atoms with Crippen molar-refractivity contribution in [2.75, 3.05) is 19.5 Å². The summed E-state index contributed by atoms with van der Waals surface area (Å²) in [4.78, 5) is 0. The van der Waals surface area contributed by atoms with Crippen LogP contribution in [0.4, 0.5) is 0 Å². The lowest BCUT2D eigenvalue weighted by molar-refractivity contribution is 0.343. The monoisotopic (exact) mass is 367 g/mol. The fraction of sp³-hybridized carbons (Fsp3) is 0.222. The molecule has 8 heteroatoms. The second kappa shape index (κ2) is 8.87. The first-order chi connectivity index (χ1) is 12.8. The largest absolute Gasteiger partial charge is 0.494 e. The summed E-state index contributed by atoms with van der Waals surface area (Å²) >= 11 is 1.50. The lowest BCUT2D eigenvalue weighted by atomic mass is 10.2. The van der Waals surface area contributed by atoms with Crippen LogP contribution in [0.3, 0.4) is 0 Å². The van der Waals surface area contributed by atoms with Crippen molar-refractivity contribution in [2.45, 2.75) is 11.6 Å². The van der Waals surface area contributed by atoms with Crippen molar-refractivity contribution >= 4 is 11.8 Å². The molecule has 0 amide bonds. The van der Waals surface area contributed by atoms with Crippen LogP contribution in [-0.4, -0.2) is 39.7 Å². The predicted octanol–water partition coefficient (Wildman–Crippen LogP) is 2.91. The van der Waals surface area contributed by atoms with Crippen molar-refractivity contribution in [3.05, 3.63) is 54.1 Å². The maximum Gasteiger partial charge on any atom is 0.214 e. The van der Waals surface area contributed by atoms with Gasteiger partial charge in [0, 0.05) is 5.75 Å². The van der Waals surface area contributed by atoms with Crippen molar-refractivity contribution in [1.29, 1.82) is 5.26 Å². The van der Waals surface area contributed by atoms with Gasteiger partial charge in [-0.15, -0.1) is 5.10 Å². The molecule has 0 saturated carbocycles. The van der Waals surface area contributed by atoms with E-state index in [2.05, 4.69) is 21.6 Å². The standard InChI is InChI=1S/C18H17N5O2S/c1-24-17-5-3-2-4-16(17)23-18(20-21-22-23)26-13-12-25-15-8-6-14(7-9-15)10-11-19/h2-9H,10,12-13H2,1H3. The average molecular weight is 367 g/mol. The average Bonchev–Trinajstić information content (AvgIpc) is 3.15. The topological polar surface area (TPSA) is 85.8 Å². The van der Waals surface area contributed by atoms with E-state index in [1.54, 1.807) is 11.8 Å². The molecule has 0 unspecified atom stereocenters. The van der Waals surface area contributed by atoms with Crippen LogP contribution in [0.2, 0.25) is 0 Å². The summed E-state index contributed by atoms with van der Waals surface area (Å²) < 4.78 is 12.7. The molecule has 7 nitrogen and oxygen atoms in total. The van der Waals surface area contributed by atoms with Crippen molar-refractivity contribution in [2.24, 2.45) is 0 Å². The van der Waals surface area contributed by atoms with E-state index >= 15 is 0 Å². The third-order valence-corrected chi connectivity index (χ3v) is 4.43. The van der Waals surface area contributed by atoms with Crippen LogP contribution in [-0.2, 0) is 6.42 Å². The molecule has 0 bridgehead atoms. The highest BCUT2D eigenvalue weighted by molar-refractivity contribution is 7.99. The van der Waals surface area contributed by atoms with Gasteiger partial charge in [0.05, 0.1) is 26.2 Å². The van der Waals surface area contributed by atoms with Gasteiger partial charge in [-0.25, -0.2) is 0 Å². The second-order valence-corrected chi connectivity index (χ2v) is 6.28. The van der Waals surface area contributed by atoms with Crippen molar-refractivity contribution < 1.29 is 9.47 Å². The molecular formula is C18H17N5O2S. The molecule has 3 rings (SSSR count). The van der Waals surface area contributed by atoms with E-state index in [4.69, 9.17) is 14.7 Å². The van der Waals surface area contributed by atoms with Crippen molar-refractivity contribution in [3.63, 3.8) is 0 Å². The number of hydrogen-bond donors (Lipinski definition) is 0. The van der Waals surface area contributed by atoms with Gasteiger partial charge in [-0.3, -0.25) is 0 Å². The third kappa shape index (κ3) is 4.32. The number of hydrogen-bond acceptors (Lipinski definition) is 7. The number of ether oxygens (including phenoxy) is 2. The molecular weight excluding hydrogens is 350 g/mol. The van der Waals surface area contributed by atoms with Crippen LogP contribution >= 0.6 is 11.8 Å². The van der Waals surface area contributed by atoms with Crippen LogP contribution in [0.1, 0.15) is 5.56 Å². The van der Waals surface area contributed by atoms with Crippen molar-refractivity contribution in [3.8, 4) is 23.3 Å². The first-order valence-corrected chi connectivity index (χ1v) is 8.93. The molecule has 0 aliphatic carbocycles. The van der Waals surface area contributed by atoms with Gasteiger partial charge in [0.15, 0.2) is 0 Å². The summed E-state index contributed by atoms with van der Waals surface area (Å²) in [7, 11) is 1.62. The maximum absolute atomic E-state index is 8.68. The van der Waals surface area contributed by atoms with E-state index in [9.17, 15) is 0 Å². The van der Waals surface area contributed by atoms with Crippen LogP contribution in [0.5, 0.6) is 11.5 Å². The van der Waals surface area contributed by atoms with Gasteiger partial charge >= 0.3 is 0 Å². The highest BCUT2D eigenvalue weighted by Crippen LogP contribution is 2.25. The molecule has 2 aromatic carbocycles. The van der Waals surface area contributed by atoms with E-state index in [0.29, 0.717) is 29.7 Å². The van der Waals surface area contributed by atoms with Gasteiger partial charge < -0.3 is 9.47 Å². The Balaban J connectivity index is 1.56. The second-order valence-electron chi connectivity index (χ2n) is 5.22. The smallest absolute Gasteiger partial charge is 0.214 e. The Kier molecular flexibility index (Phi) is 6.06. The van der Waals surface area contributed by atoms with Gasteiger partial charge in [-0.1, -0.05) is 36.0 Å². The molecule has 26 heavy (non-hydrogen) atoms. The Morgan fingerprint density at radius 1 is 1.15 bits per heavy atom. The summed E-state index contributed by atoms with van der Waals surface area (Å²) in [5, 5.41) is 21.2. The fourth-order valence-corrected chi connectivity index (χ4v) is 3.01. The quantitative estimate of drug-likeness (QED) is 0.447. The first-order valence-electron chi connectivity index (χ1n) is 7.95. The highest BCUT2D eigenvalue weighted by Gasteiger charge is 2.12. The van der Waals surface area contributed by atoms with Crippen LogP contribution in [0, 0.1) is 11.3 Å². The van der Waals surface area contributed by atoms with Gasteiger partial charge in [-0.2, -0.15) is 9.94 Å². The summed E-state index contributed by atoms with van der Waals surface area (Å²) in [6, 6.07) is 17.2. The maximum atomic E-state index is 8.68. The lowest BCUT2D eigenvalue weighted by Crippen LogP contribution is -2.04. The Labute approximate surface area is 155 Å². The molecule has 1 heterocycles. The van der Waals surface area contributed by atoms with Gasteiger partial charge in [0.2, 0.25) is 5.16 Å². The van der Waals surface area contributed by atoms with E-state index < -0.39 is 0 Å². The van der Waals surface area contributed by atoms with Crippen LogP contribution in [0.15, 0.2) is 53.7 Å². The Morgan fingerprint density at radius 3 is 2.73 bits per heavy atom. The summed E-state index contributed by atoms with van der Waals surface area (Å²) in [6.45, 7) is 0.515. The van der Waals surface area contributed by atoms with E-state index in [1.807, 2.05) is 48.5 Å². The zero-order chi connectivity index (χ0) is 18.2. The van der Waals surface area contributed by atoms with Crippen LogP contribution in [0.25, 0.3) is 5.69 Å². The Bertz CT molecular complexity index is 889. The van der Waals surface area contributed by atoms with E-state index in [-0.39, 0.29) is 0 Å². The zero-order valence-electron chi connectivity index (χ0n) is 14.2. The molecule has 0 aliphatic heterocycles. The number of para-hydroxylation sites is 2. The number of tetrazole rings is 1. The minimum atomic E-state index is 0.405. The van der Waals surface area contributed by atoms with E-state index in [0.717, 1.165) is 17.0 Å². The number of nitrogens with zero attached hydrogens (tertiary/aromatic N) is 5. The number of rotatable bonds is 8. The number of benzene rings is 2. The molecule has 0 saturated heterocycles. The summed E-state index contributed by atoms with van der Waals surface area (Å²) in [6.07, 6.45) is 0.405. The summed E-state index contributed by atoms with van der Waals surface area (Å²) in [5.41, 5.74) is 1.77. The van der Waals surface area contributed by atoms with E-state index in [1.165, 1.54) is 11.8 Å². The Morgan fingerprint density at radius 2 is 1.96 bits per heavy atom. The molecule has 132 valence electrons. The predicted molar refractivity (Wildman–Crippen MR) is 97.7 cm³/mol. The third-order valence-electron chi connectivity index (χ3n) is 3.54. The lowest BCUT2D eigenvalue weighted by Gasteiger charge is -2.09. The van der Waals surface area contributed by atoms with Crippen LogP contribution < -0.4 is 9.47 Å². The molecule has 0 fully saturated rings. The molecule has 0 aliphatic rings. The highest BCUT2D eigenvalue weighted by atomic mass is 32.2. The fourth-order valence-electron chi connectivity index (χ4n) is 2.31. The molecule has 0 N–H and O–H groups in total. The van der Waals surface area contributed by atoms with Crippen molar-refractivity contribution in [1.82, 2.24) is 20.2 Å². The number of methoxy groups -OCH3 is 1. The molecule has 1 aromatic heterocycles. The number of aromatic nitrogens is 4. The van der Waals surface area contributed by atoms with Gasteiger partial charge in [-0.05, 0) is 40.3 Å². The SMILES string of the molecule is COc1ccccc1-n1nnnc1SCCOc1ccc(CC#N)cc1. The molecule has 0 spiro atoms. The number of nitriles is 1. The van der Waals surface area contributed by atoms with Gasteiger partial charge in [0.1, 0.15) is 17.2 Å². The minimum Gasteiger partial charge on any atom is -0.494 e. The minimum absolute atomic E-state index is 0.405. The number of thioether (sulfide) groups is 1. The molecule has 0 atom stereocenters. The Hall–Kier alpha value is -3.05. The summed E-state index contributed by atoms with van der Waals surface area (Å²) in [5.74, 6) is 2.17.